The Hall–Kier alpha value is -0.500. The molecule has 3 nitrogen and oxygen atoms in total. The van der Waals surface area contributed by atoms with Crippen LogP contribution in [0.5, 0.6) is 0 Å². The molecule has 1 aromatic rings. The third-order valence-corrected chi connectivity index (χ3v) is 4.48. The number of guanidine groups is 1. The molecule has 0 heterocycles. The summed E-state index contributed by atoms with van der Waals surface area (Å²) < 4.78 is 13.5. The second-order valence-electron chi connectivity index (χ2n) is 5.37. The highest BCUT2D eigenvalue weighted by atomic mass is 127. The maximum Gasteiger partial charge on any atom is 0.191 e. The zero-order valence-electron chi connectivity index (χ0n) is 13.1. The lowest BCUT2D eigenvalue weighted by Crippen LogP contribution is -2.39. The van der Waals surface area contributed by atoms with Gasteiger partial charge in [0, 0.05) is 24.1 Å². The summed E-state index contributed by atoms with van der Waals surface area (Å²) in [4.78, 5) is 4.56. The quantitative estimate of drug-likeness (QED) is 0.296. The molecular formula is C16H25FIN3S. The van der Waals surface area contributed by atoms with Crippen molar-refractivity contribution in [2.24, 2.45) is 10.9 Å². The molecule has 1 aliphatic carbocycles. The van der Waals surface area contributed by atoms with E-state index >= 15 is 0 Å². The summed E-state index contributed by atoms with van der Waals surface area (Å²) in [6, 6.07) is 7.53. The highest BCUT2D eigenvalue weighted by molar-refractivity contribution is 14.0. The summed E-state index contributed by atoms with van der Waals surface area (Å²) >= 11 is 1.71. The van der Waals surface area contributed by atoms with E-state index in [4.69, 9.17) is 0 Å². The molecule has 2 atom stereocenters. The molecule has 6 heteroatoms. The van der Waals surface area contributed by atoms with Crippen molar-refractivity contribution in [1.29, 1.82) is 0 Å². The van der Waals surface area contributed by atoms with E-state index < -0.39 is 0 Å². The lowest BCUT2D eigenvalue weighted by molar-refractivity contribution is 0.617. The standard InChI is InChI=1S/C16H24FN3S.HI/c1-3-18-16(20-15-10-12(15)2)19-8-9-21-11-13-6-4-5-7-14(13)17;/h4-7,12,15H,3,8-11H2,1-2H3,(H2,18,19,20);1H. The topological polar surface area (TPSA) is 36.4 Å². The molecular weight excluding hydrogens is 412 g/mol. The van der Waals surface area contributed by atoms with Gasteiger partial charge in [0.15, 0.2) is 5.96 Å². The summed E-state index contributed by atoms with van der Waals surface area (Å²) in [5.41, 5.74) is 0.767. The van der Waals surface area contributed by atoms with Gasteiger partial charge in [0.1, 0.15) is 5.82 Å². The number of aliphatic imine (C=N–C) groups is 1. The Morgan fingerprint density at radius 3 is 2.77 bits per heavy atom. The fourth-order valence-corrected chi connectivity index (χ4v) is 2.86. The van der Waals surface area contributed by atoms with Crippen LogP contribution < -0.4 is 10.6 Å². The van der Waals surface area contributed by atoms with E-state index in [1.54, 1.807) is 17.8 Å². The number of nitrogens with one attached hydrogen (secondary N) is 2. The maximum atomic E-state index is 13.5. The molecule has 2 rings (SSSR count). The molecule has 0 amide bonds. The molecule has 1 saturated carbocycles. The van der Waals surface area contributed by atoms with Crippen LogP contribution in [0, 0.1) is 11.7 Å². The fourth-order valence-electron chi connectivity index (χ4n) is 2.04. The van der Waals surface area contributed by atoms with E-state index in [1.165, 1.54) is 12.5 Å². The predicted molar refractivity (Wildman–Crippen MR) is 105 cm³/mol. The van der Waals surface area contributed by atoms with Crippen molar-refractivity contribution < 1.29 is 4.39 Å². The number of benzene rings is 1. The van der Waals surface area contributed by atoms with Crippen molar-refractivity contribution in [3.63, 3.8) is 0 Å². The van der Waals surface area contributed by atoms with Gasteiger partial charge in [-0.15, -0.1) is 24.0 Å². The molecule has 2 unspecified atom stereocenters. The van der Waals surface area contributed by atoms with E-state index in [9.17, 15) is 4.39 Å². The smallest absolute Gasteiger partial charge is 0.191 e. The SMILES string of the molecule is CCNC(=NCCSCc1ccccc1F)NC1CC1C.I. The molecule has 124 valence electrons. The molecule has 0 aliphatic heterocycles. The van der Waals surface area contributed by atoms with Gasteiger partial charge >= 0.3 is 0 Å². The van der Waals surface area contributed by atoms with Crippen LogP contribution in [0.3, 0.4) is 0 Å². The molecule has 0 saturated heterocycles. The molecule has 1 aromatic carbocycles. The summed E-state index contributed by atoms with van der Waals surface area (Å²) in [6.07, 6.45) is 1.23. The van der Waals surface area contributed by atoms with Crippen molar-refractivity contribution in [2.75, 3.05) is 18.8 Å². The Morgan fingerprint density at radius 2 is 2.14 bits per heavy atom. The Balaban J connectivity index is 0.00000242. The lowest BCUT2D eigenvalue weighted by Gasteiger charge is -2.10. The van der Waals surface area contributed by atoms with E-state index in [0.717, 1.165) is 36.3 Å². The summed E-state index contributed by atoms with van der Waals surface area (Å²) in [5.74, 6) is 3.13. The minimum absolute atomic E-state index is 0. The third kappa shape index (κ3) is 6.73. The molecule has 0 radical (unpaired) electrons. The van der Waals surface area contributed by atoms with Crippen LogP contribution in [-0.2, 0) is 5.75 Å². The van der Waals surface area contributed by atoms with Crippen LogP contribution in [0.1, 0.15) is 25.8 Å². The van der Waals surface area contributed by atoms with Gasteiger partial charge in [0.25, 0.3) is 0 Å². The zero-order valence-corrected chi connectivity index (χ0v) is 16.3. The normalized spacial score (nSPS) is 20.2. The average molecular weight is 437 g/mol. The molecule has 2 N–H and O–H groups in total. The summed E-state index contributed by atoms with van der Waals surface area (Å²) in [7, 11) is 0. The number of hydrogen-bond donors (Lipinski definition) is 2. The first-order valence-corrected chi connectivity index (χ1v) is 8.72. The Labute approximate surface area is 154 Å². The van der Waals surface area contributed by atoms with Crippen molar-refractivity contribution in [2.45, 2.75) is 32.1 Å². The Morgan fingerprint density at radius 1 is 1.41 bits per heavy atom. The van der Waals surface area contributed by atoms with Gasteiger partial charge in [-0.3, -0.25) is 4.99 Å². The van der Waals surface area contributed by atoms with Crippen LogP contribution >= 0.6 is 35.7 Å². The predicted octanol–water partition coefficient (Wildman–Crippen LogP) is 3.64. The summed E-state index contributed by atoms with van der Waals surface area (Å²) in [6.45, 7) is 5.93. The average Bonchev–Trinajstić information content (AvgIpc) is 3.16. The number of thioether (sulfide) groups is 1. The number of rotatable bonds is 7. The largest absolute Gasteiger partial charge is 0.357 e. The van der Waals surface area contributed by atoms with Crippen LogP contribution in [0.15, 0.2) is 29.3 Å². The van der Waals surface area contributed by atoms with Gasteiger partial charge in [-0.1, -0.05) is 25.1 Å². The third-order valence-electron chi connectivity index (χ3n) is 3.50. The van der Waals surface area contributed by atoms with Crippen LogP contribution in [-0.4, -0.2) is 30.8 Å². The van der Waals surface area contributed by atoms with E-state index in [-0.39, 0.29) is 29.8 Å². The first kappa shape index (κ1) is 19.5. The van der Waals surface area contributed by atoms with Gasteiger partial charge in [0.05, 0.1) is 6.54 Å². The van der Waals surface area contributed by atoms with E-state index in [1.807, 2.05) is 12.1 Å². The number of nitrogens with zero attached hydrogens (tertiary/aromatic N) is 1. The van der Waals surface area contributed by atoms with Crippen molar-refractivity contribution >= 4 is 41.7 Å². The molecule has 0 bridgehead atoms. The Bertz CT molecular complexity index is 484. The van der Waals surface area contributed by atoms with Crippen molar-refractivity contribution in [3.8, 4) is 0 Å². The summed E-state index contributed by atoms with van der Waals surface area (Å²) in [5, 5.41) is 6.69. The monoisotopic (exact) mass is 437 g/mol. The lowest BCUT2D eigenvalue weighted by atomic mass is 10.2. The Kier molecular flexibility index (Phi) is 9.16. The number of hydrogen-bond acceptors (Lipinski definition) is 2. The minimum atomic E-state index is -0.119. The van der Waals surface area contributed by atoms with Crippen LogP contribution in [0.25, 0.3) is 0 Å². The van der Waals surface area contributed by atoms with Gasteiger partial charge in [-0.25, -0.2) is 4.39 Å². The van der Waals surface area contributed by atoms with Crippen molar-refractivity contribution in [1.82, 2.24) is 10.6 Å². The first-order valence-electron chi connectivity index (χ1n) is 7.56. The molecule has 0 spiro atoms. The second kappa shape index (κ2) is 10.3. The van der Waals surface area contributed by atoms with Gasteiger partial charge < -0.3 is 10.6 Å². The van der Waals surface area contributed by atoms with Crippen LogP contribution in [0.2, 0.25) is 0 Å². The molecule has 0 aromatic heterocycles. The minimum Gasteiger partial charge on any atom is -0.357 e. The highest BCUT2D eigenvalue weighted by Crippen LogP contribution is 2.28. The van der Waals surface area contributed by atoms with E-state index in [0.29, 0.717) is 11.8 Å². The van der Waals surface area contributed by atoms with Crippen molar-refractivity contribution in [3.05, 3.63) is 35.6 Å². The first-order chi connectivity index (χ1) is 10.2. The van der Waals surface area contributed by atoms with Crippen LogP contribution in [0.4, 0.5) is 4.39 Å². The van der Waals surface area contributed by atoms with E-state index in [2.05, 4.69) is 29.5 Å². The van der Waals surface area contributed by atoms with Gasteiger partial charge in [0.2, 0.25) is 0 Å². The zero-order chi connectivity index (χ0) is 15.1. The fraction of sp³-hybridized carbons (Fsp3) is 0.562. The molecule has 1 fully saturated rings. The molecule has 22 heavy (non-hydrogen) atoms. The highest BCUT2D eigenvalue weighted by Gasteiger charge is 2.33. The second-order valence-corrected chi connectivity index (χ2v) is 6.47. The van der Waals surface area contributed by atoms with Gasteiger partial charge in [-0.05, 0) is 30.9 Å². The number of halogens is 2. The molecule has 1 aliphatic rings. The van der Waals surface area contributed by atoms with Gasteiger partial charge in [-0.2, -0.15) is 11.8 Å². The maximum absolute atomic E-state index is 13.5.